The van der Waals surface area contributed by atoms with Crippen LogP contribution in [0.25, 0.3) is 95.3 Å². The molecule has 0 aliphatic heterocycles. The molecule has 420 valence electrons. The molecule has 3 aliphatic carbocycles. The van der Waals surface area contributed by atoms with E-state index in [0.717, 1.165) is 24.0 Å². The van der Waals surface area contributed by atoms with Crippen LogP contribution in [0.4, 0.5) is 17.1 Å². The lowest BCUT2D eigenvalue weighted by molar-refractivity contribution is 0.401. The molecule has 0 atom stereocenters. The topological polar surface area (TPSA) is 8.17 Å². The molecule has 0 amide bonds. The van der Waals surface area contributed by atoms with E-state index in [0.29, 0.717) is 0 Å². The summed E-state index contributed by atoms with van der Waals surface area (Å²) in [6.45, 7) is 22.4. The number of fused-ring (bicyclic) bond motifs is 12. The highest BCUT2D eigenvalue weighted by molar-refractivity contribution is 6.12. The minimum absolute atomic E-state index is 0.144. The van der Waals surface area contributed by atoms with Gasteiger partial charge in [0.05, 0.1) is 11.0 Å². The number of aromatic nitrogens is 1. The smallest absolute Gasteiger partial charge is 0.0541 e. The fourth-order valence-corrected chi connectivity index (χ4v) is 15.5. The maximum atomic E-state index is 4.03. The predicted molar refractivity (Wildman–Crippen MR) is 365 cm³/mol. The molecule has 0 saturated carbocycles. The molecule has 85 heavy (non-hydrogen) atoms. The number of benzene rings is 10. The molecule has 0 spiro atoms. The van der Waals surface area contributed by atoms with Gasteiger partial charge in [0.25, 0.3) is 0 Å². The lowest BCUT2D eigenvalue weighted by Crippen LogP contribution is -2.26. The van der Waals surface area contributed by atoms with E-state index in [4.69, 9.17) is 0 Å². The average molecular weight is 1100 g/mol. The minimum Gasteiger partial charge on any atom is -0.310 e. The Morgan fingerprint density at radius 1 is 0.365 bits per heavy atom. The Hall–Kier alpha value is -8.72. The van der Waals surface area contributed by atoms with Crippen LogP contribution in [0.2, 0.25) is 0 Å². The van der Waals surface area contributed by atoms with Gasteiger partial charge in [-0.1, -0.05) is 252 Å². The Morgan fingerprint density at radius 3 is 1.20 bits per heavy atom. The molecule has 0 bridgehead atoms. The summed E-state index contributed by atoms with van der Waals surface area (Å²) in [4.78, 5) is 2.61. The number of hydrogen-bond acceptors (Lipinski definition) is 1. The van der Waals surface area contributed by atoms with Gasteiger partial charge in [-0.2, -0.15) is 0 Å². The van der Waals surface area contributed by atoms with Crippen molar-refractivity contribution in [1.82, 2.24) is 4.57 Å². The maximum Gasteiger partial charge on any atom is 0.0541 e. The number of nitrogens with zero attached hydrogens (tertiary/aromatic N) is 2. The Kier molecular flexibility index (Phi) is 13.7. The molecule has 10 aromatic carbocycles. The van der Waals surface area contributed by atoms with Crippen molar-refractivity contribution in [3.8, 4) is 61.3 Å². The van der Waals surface area contributed by atoms with Gasteiger partial charge in [-0.25, -0.2) is 0 Å². The molecule has 1 aromatic heterocycles. The highest BCUT2D eigenvalue weighted by atomic mass is 15.1. The van der Waals surface area contributed by atoms with Crippen molar-refractivity contribution < 1.29 is 0 Å². The average Bonchev–Trinajstić information content (AvgIpc) is 1.99. The van der Waals surface area contributed by atoms with Crippen LogP contribution >= 0.6 is 0 Å². The normalized spacial score (nSPS) is 14.4. The summed E-state index contributed by atoms with van der Waals surface area (Å²) in [6, 6.07) is 79.7. The first-order valence-electron chi connectivity index (χ1n) is 31.6. The van der Waals surface area contributed by atoms with Crippen molar-refractivity contribution in [2.45, 2.75) is 122 Å². The summed E-state index contributed by atoms with van der Waals surface area (Å²) in [5.74, 6) is 0. The molecule has 2 heteroatoms. The van der Waals surface area contributed by atoms with Crippen molar-refractivity contribution in [3.05, 3.63) is 264 Å². The van der Waals surface area contributed by atoms with Gasteiger partial charge < -0.3 is 9.47 Å². The largest absolute Gasteiger partial charge is 0.310 e. The first-order valence-corrected chi connectivity index (χ1v) is 31.6. The van der Waals surface area contributed by atoms with Gasteiger partial charge in [0.1, 0.15) is 0 Å². The summed E-state index contributed by atoms with van der Waals surface area (Å²) in [5.41, 5.74) is 30.5. The molecule has 2 nitrogen and oxygen atoms in total. The van der Waals surface area contributed by atoms with Gasteiger partial charge in [-0.15, -0.1) is 0 Å². The Labute approximate surface area is 504 Å². The van der Waals surface area contributed by atoms with E-state index >= 15 is 0 Å². The van der Waals surface area contributed by atoms with Crippen molar-refractivity contribution >= 4 is 51.0 Å². The zero-order chi connectivity index (χ0) is 58.2. The van der Waals surface area contributed by atoms with Crippen LogP contribution < -0.4 is 4.90 Å². The summed E-state index contributed by atoms with van der Waals surface area (Å²) in [6.07, 6.45) is 15.8. The SMILES string of the molecule is C=Cc1ccc(-c2ccc3c(c2)c2cc(-c4ccc(C=C)cc4)ccc2n3-c2ccc3c(c2)C(CCCCCC)(CCCCCC)c2cc(N(c4ccc5c(c4)C(C)(C)c4ccccc4-5)c4ccc5c(c4)C(C)(C)c4ccccc4-5)ccc2-3)cc1. The van der Waals surface area contributed by atoms with Crippen LogP contribution in [0.3, 0.4) is 0 Å². The van der Waals surface area contributed by atoms with E-state index < -0.39 is 0 Å². The predicted octanol–water partition coefficient (Wildman–Crippen LogP) is 23.7. The third-order valence-electron chi connectivity index (χ3n) is 20.1. The van der Waals surface area contributed by atoms with Crippen molar-refractivity contribution in [2.24, 2.45) is 0 Å². The first kappa shape index (κ1) is 54.2. The second kappa shape index (κ2) is 21.4. The minimum atomic E-state index is -0.193. The van der Waals surface area contributed by atoms with E-state index in [2.05, 4.69) is 270 Å². The van der Waals surface area contributed by atoms with Crippen LogP contribution in [-0.2, 0) is 16.2 Å². The van der Waals surface area contributed by atoms with Gasteiger partial charge in [0.15, 0.2) is 0 Å². The summed E-state index contributed by atoms with van der Waals surface area (Å²) in [7, 11) is 0. The fraction of sp³-hybridized carbons (Fsp3) is 0.229. The van der Waals surface area contributed by atoms with Crippen molar-refractivity contribution in [1.29, 1.82) is 0 Å². The van der Waals surface area contributed by atoms with E-state index in [1.807, 2.05) is 12.2 Å². The molecule has 3 aliphatic rings. The van der Waals surface area contributed by atoms with Crippen LogP contribution in [0.5, 0.6) is 0 Å². The Bertz CT molecular complexity index is 4190. The fourth-order valence-electron chi connectivity index (χ4n) is 15.5. The van der Waals surface area contributed by atoms with Crippen molar-refractivity contribution in [2.75, 3.05) is 4.90 Å². The van der Waals surface area contributed by atoms with Crippen LogP contribution in [0, 0.1) is 0 Å². The molecular formula is C83H78N2. The highest BCUT2D eigenvalue weighted by Gasteiger charge is 2.44. The molecule has 0 fully saturated rings. The number of unbranched alkanes of at least 4 members (excludes halogenated alkanes) is 6. The number of hydrogen-bond donors (Lipinski definition) is 0. The number of anilines is 3. The lowest BCUT2D eigenvalue weighted by Gasteiger charge is -2.35. The van der Waals surface area contributed by atoms with Gasteiger partial charge in [-0.05, 0) is 186 Å². The third kappa shape index (κ3) is 8.89. The molecule has 0 radical (unpaired) electrons. The number of rotatable bonds is 18. The zero-order valence-electron chi connectivity index (χ0n) is 50.7. The van der Waals surface area contributed by atoms with Crippen LogP contribution in [-0.4, -0.2) is 4.57 Å². The van der Waals surface area contributed by atoms with E-state index in [-0.39, 0.29) is 16.2 Å². The van der Waals surface area contributed by atoms with E-state index in [1.165, 1.54) is 185 Å². The second-order valence-electron chi connectivity index (χ2n) is 25.8. The molecule has 14 rings (SSSR count). The van der Waals surface area contributed by atoms with E-state index in [9.17, 15) is 0 Å². The van der Waals surface area contributed by atoms with Gasteiger partial charge >= 0.3 is 0 Å². The Balaban J connectivity index is 0.960. The maximum absolute atomic E-state index is 4.03. The summed E-state index contributed by atoms with van der Waals surface area (Å²) < 4.78 is 2.57. The quantitative estimate of drug-likeness (QED) is 0.0778. The van der Waals surface area contributed by atoms with E-state index in [1.54, 1.807) is 0 Å². The summed E-state index contributed by atoms with van der Waals surface area (Å²) >= 11 is 0. The molecule has 0 saturated heterocycles. The van der Waals surface area contributed by atoms with Crippen LogP contribution in [0.1, 0.15) is 150 Å². The molecular weight excluding hydrogens is 1020 g/mol. The molecule has 1 heterocycles. The molecule has 11 aromatic rings. The van der Waals surface area contributed by atoms with Gasteiger partial charge in [-0.3, -0.25) is 0 Å². The Morgan fingerprint density at radius 2 is 0.753 bits per heavy atom. The zero-order valence-corrected chi connectivity index (χ0v) is 50.7. The monoisotopic (exact) mass is 1100 g/mol. The van der Waals surface area contributed by atoms with Gasteiger partial charge in [0.2, 0.25) is 0 Å². The highest BCUT2D eigenvalue weighted by Crippen LogP contribution is 2.58. The standard InChI is InChI=1S/C83H78N2/c1-9-13-15-21-47-83(48-22-16-14-10-2)77-53-63(84(61-37-41-67-65-23-17-19-25-73(65)81(5,6)75(67)51-61)62-38-42-68-66-24-18-20-26-74(66)82(7,8)76(68)52-62)39-43-69(77)70-44-40-64(54-78(70)83)85-79-45-35-59(57-31-27-55(11-3)28-32-57)49-71(79)72-50-60(36-46-80(72)85)58-33-29-56(12-4)30-34-58/h11-12,17-20,23-46,49-54H,3-4,9-10,13-16,21-22,47-48H2,1-2,5-8H3. The van der Waals surface area contributed by atoms with Gasteiger partial charge in [0, 0.05) is 49.8 Å². The first-order chi connectivity index (χ1) is 41.4. The molecule has 0 N–H and O–H groups in total. The van der Waals surface area contributed by atoms with Crippen molar-refractivity contribution in [3.63, 3.8) is 0 Å². The second-order valence-corrected chi connectivity index (χ2v) is 25.8. The van der Waals surface area contributed by atoms with Crippen LogP contribution in [0.15, 0.2) is 219 Å². The summed E-state index contributed by atoms with van der Waals surface area (Å²) in [5, 5.41) is 2.50. The third-order valence-corrected chi connectivity index (χ3v) is 20.1. The molecule has 0 unspecified atom stereocenters. The lowest BCUT2D eigenvalue weighted by atomic mass is 9.70.